The van der Waals surface area contributed by atoms with E-state index in [-0.39, 0.29) is 12.5 Å². The topological polar surface area (TPSA) is 86.8 Å². The van der Waals surface area contributed by atoms with E-state index >= 15 is 0 Å². The summed E-state index contributed by atoms with van der Waals surface area (Å²) in [5, 5.41) is 2.92. The van der Waals surface area contributed by atoms with E-state index in [9.17, 15) is 18.0 Å². The third-order valence-electron chi connectivity index (χ3n) is 5.58. The minimum atomic E-state index is -3.76. The highest BCUT2D eigenvalue weighted by Crippen LogP contribution is 2.25. The van der Waals surface area contributed by atoms with Gasteiger partial charge in [0.25, 0.3) is 0 Å². The van der Waals surface area contributed by atoms with Crippen molar-refractivity contribution in [3.63, 3.8) is 0 Å². The largest absolute Gasteiger partial charge is 0.350 e. The average molecular weight is 488 g/mol. The number of aryl methyl sites for hydroxylation is 3. The van der Waals surface area contributed by atoms with Crippen LogP contribution >= 0.6 is 0 Å². The Morgan fingerprint density at radius 3 is 2.18 bits per heavy atom. The SMILES string of the molecule is Cc1ccc(C)c(N(CC(=O)N(Cc2ccccc2C)C(C)C(=O)NC(C)(C)C)S(C)(=O)=O)c1. The zero-order valence-electron chi connectivity index (χ0n) is 21.5. The molecule has 2 aromatic carbocycles. The van der Waals surface area contributed by atoms with Crippen LogP contribution in [0.3, 0.4) is 0 Å². The number of anilines is 1. The van der Waals surface area contributed by atoms with Gasteiger partial charge in [-0.25, -0.2) is 8.42 Å². The van der Waals surface area contributed by atoms with Gasteiger partial charge >= 0.3 is 0 Å². The Morgan fingerprint density at radius 1 is 1.00 bits per heavy atom. The number of hydrogen-bond donors (Lipinski definition) is 1. The lowest BCUT2D eigenvalue weighted by molar-refractivity contribution is -0.140. The normalized spacial score (nSPS) is 12.7. The standard InChI is InChI=1S/C26H37N3O4S/c1-18-13-14-20(3)23(15-18)29(34(8,32)33)17-24(30)28(16-22-12-10-9-11-19(22)2)21(4)25(31)27-26(5,6)7/h9-15,21H,16-17H2,1-8H3,(H,27,31). The molecule has 0 aliphatic carbocycles. The van der Waals surface area contributed by atoms with Crippen LogP contribution in [0, 0.1) is 20.8 Å². The second kappa shape index (κ2) is 10.6. The van der Waals surface area contributed by atoms with Crippen LogP contribution in [0.1, 0.15) is 49.9 Å². The summed E-state index contributed by atoms with van der Waals surface area (Å²) in [4.78, 5) is 28.1. The molecule has 8 heteroatoms. The molecule has 0 spiro atoms. The third-order valence-corrected chi connectivity index (χ3v) is 6.71. The van der Waals surface area contributed by atoms with Gasteiger partial charge < -0.3 is 10.2 Å². The average Bonchev–Trinajstić information content (AvgIpc) is 2.70. The van der Waals surface area contributed by atoms with Crippen molar-refractivity contribution >= 4 is 27.5 Å². The Hall–Kier alpha value is -2.87. The van der Waals surface area contributed by atoms with Crippen LogP contribution in [0.2, 0.25) is 0 Å². The molecule has 1 unspecified atom stereocenters. The summed E-state index contributed by atoms with van der Waals surface area (Å²) in [6.07, 6.45) is 1.09. The van der Waals surface area contributed by atoms with Crippen molar-refractivity contribution in [3.8, 4) is 0 Å². The number of nitrogens with zero attached hydrogens (tertiary/aromatic N) is 2. The van der Waals surface area contributed by atoms with Gasteiger partial charge in [0.1, 0.15) is 12.6 Å². The summed E-state index contributed by atoms with van der Waals surface area (Å²) >= 11 is 0. The molecule has 0 fully saturated rings. The van der Waals surface area contributed by atoms with Crippen molar-refractivity contribution in [3.05, 3.63) is 64.7 Å². The van der Waals surface area contributed by atoms with Gasteiger partial charge in [0.05, 0.1) is 11.9 Å². The van der Waals surface area contributed by atoms with Gasteiger partial charge in [-0.1, -0.05) is 36.4 Å². The first-order valence-electron chi connectivity index (χ1n) is 11.3. The van der Waals surface area contributed by atoms with Crippen LogP contribution in [0.15, 0.2) is 42.5 Å². The van der Waals surface area contributed by atoms with Crippen molar-refractivity contribution < 1.29 is 18.0 Å². The van der Waals surface area contributed by atoms with Crippen molar-refractivity contribution in [1.29, 1.82) is 0 Å². The number of nitrogens with one attached hydrogen (secondary N) is 1. The number of carbonyl (C=O) groups is 2. The van der Waals surface area contributed by atoms with E-state index < -0.39 is 34.1 Å². The van der Waals surface area contributed by atoms with Crippen molar-refractivity contribution in [2.75, 3.05) is 17.1 Å². The zero-order valence-corrected chi connectivity index (χ0v) is 22.3. The maximum atomic E-state index is 13.6. The summed E-state index contributed by atoms with van der Waals surface area (Å²) in [5.41, 5.74) is 3.49. The fraction of sp³-hybridized carbons (Fsp3) is 0.462. The van der Waals surface area contributed by atoms with E-state index in [1.54, 1.807) is 13.0 Å². The Labute approximate surface area is 204 Å². The highest BCUT2D eigenvalue weighted by atomic mass is 32.2. The molecule has 2 aromatic rings. The molecule has 0 aliphatic heterocycles. The van der Waals surface area contributed by atoms with Crippen molar-refractivity contribution in [2.24, 2.45) is 0 Å². The first-order chi connectivity index (χ1) is 15.6. The smallest absolute Gasteiger partial charge is 0.244 e. The monoisotopic (exact) mass is 487 g/mol. The number of benzene rings is 2. The molecular weight excluding hydrogens is 450 g/mol. The lowest BCUT2D eigenvalue weighted by Gasteiger charge is -2.33. The van der Waals surface area contributed by atoms with Crippen LogP contribution < -0.4 is 9.62 Å². The fourth-order valence-corrected chi connectivity index (χ4v) is 4.51. The summed E-state index contributed by atoms with van der Waals surface area (Å²) in [5.74, 6) is -0.752. The minimum absolute atomic E-state index is 0.189. The number of carbonyl (C=O) groups excluding carboxylic acids is 2. The number of sulfonamides is 1. The molecule has 1 N–H and O–H groups in total. The molecule has 0 bridgehead atoms. The maximum absolute atomic E-state index is 13.6. The Balaban J connectivity index is 2.47. The Bertz CT molecular complexity index is 1150. The third kappa shape index (κ3) is 7.32. The van der Waals surface area contributed by atoms with Gasteiger partial charge in [-0.2, -0.15) is 0 Å². The van der Waals surface area contributed by atoms with Crippen LogP contribution in [0.4, 0.5) is 5.69 Å². The molecule has 0 saturated heterocycles. The predicted molar refractivity (Wildman–Crippen MR) is 137 cm³/mol. The van der Waals surface area contributed by atoms with Gasteiger partial charge in [0.2, 0.25) is 21.8 Å². The molecule has 0 heterocycles. The second-order valence-electron chi connectivity index (χ2n) is 9.92. The maximum Gasteiger partial charge on any atom is 0.244 e. The molecule has 0 saturated carbocycles. The van der Waals surface area contributed by atoms with E-state index in [1.165, 1.54) is 4.90 Å². The van der Waals surface area contributed by atoms with Gasteiger partial charge in [0, 0.05) is 12.1 Å². The highest BCUT2D eigenvalue weighted by molar-refractivity contribution is 7.92. The first kappa shape index (κ1) is 27.4. The molecule has 1 atom stereocenters. The Morgan fingerprint density at radius 2 is 1.62 bits per heavy atom. The van der Waals surface area contributed by atoms with Gasteiger partial charge in [-0.05, 0) is 76.8 Å². The summed E-state index contributed by atoms with van der Waals surface area (Å²) in [6, 6.07) is 12.3. The molecule has 2 rings (SSSR count). The highest BCUT2D eigenvalue weighted by Gasteiger charge is 2.32. The summed E-state index contributed by atoms with van der Waals surface area (Å²) in [6.45, 7) is 12.7. The van der Waals surface area contributed by atoms with Gasteiger partial charge in [-0.3, -0.25) is 13.9 Å². The molecule has 0 aromatic heterocycles. The molecule has 0 aliphatic rings. The Kier molecular flexibility index (Phi) is 8.53. The summed E-state index contributed by atoms with van der Waals surface area (Å²) in [7, 11) is -3.76. The molecule has 7 nitrogen and oxygen atoms in total. The fourth-order valence-electron chi connectivity index (χ4n) is 3.61. The molecule has 186 valence electrons. The van der Waals surface area contributed by atoms with Crippen LogP contribution in [-0.4, -0.2) is 49.5 Å². The van der Waals surface area contributed by atoms with Crippen molar-refractivity contribution in [1.82, 2.24) is 10.2 Å². The number of amides is 2. The van der Waals surface area contributed by atoms with E-state index in [0.717, 1.165) is 32.8 Å². The zero-order chi connectivity index (χ0) is 25.8. The van der Waals surface area contributed by atoms with Crippen LogP contribution in [0.5, 0.6) is 0 Å². The van der Waals surface area contributed by atoms with E-state index in [4.69, 9.17) is 0 Å². The van der Waals surface area contributed by atoms with Crippen molar-refractivity contribution in [2.45, 2.75) is 66.6 Å². The van der Waals surface area contributed by atoms with Crippen LogP contribution in [-0.2, 0) is 26.2 Å². The second-order valence-corrected chi connectivity index (χ2v) is 11.8. The van der Waals surface area contributed by atoms with E-state index in [1.807, 2.05) is 77.9 Å². The lowest BCUT2D eigenvalue weighted by Crippen LogP contribution is -2.54. The van der Waals surface area contributed by atoms with Gasteiger partial charge in [-0.15, -0.1) is 0 Å². The summed E-state index contributed by atoms with van der Waals surface area (Å²) < 4.78 is 26.6. The minimum Gasteiger partial charge on any atom is -0.350 e. The molecular formula is C26H37N3O4S. The molecule has 2 amide bonds. The predicted octanol–water partition coefficient (Wildman–Crippen LogP) is 3.71. The number of hydrogen-bond acceptors (Lipinski definition) is 4. The van der Waals surface area contributed by atoms with E-state index in [2.05, 4.69) is 5.32 Å². The lowest BCUT2D eigenvalue weighted by atomic mass is 10.1. The number of rotatable bonds is 8. The quantitative estimate of drug-likeness (QED) is 0.615. The van der Waals surface area contributed by atoms with Gasteiger partial charge in [0.15, 0.2) is 0 Å². The van der Waals surface area contributed by atoms with Crippen LogP contribution in [0.25, 0.3) is 0 Å². The molecule has 0 radical (unpaired) electrons. The first-order valence-corrected chi connectivity index (χ1v) is 13.2. The molecule has 34 heavy (non-hydrogen) atoms. The van der Waals surface area contributed by atoms with E-state index in [0.29, 0.717) is 5.69 Å².